The van der Waals surface area contributed by atoms with Crippen LogP contribution in [0.4, 0.5) is 0 Å². The van der Waals surface area contributed by atoms with Gasteiger partial charge in [0.15, 0.2) is 0 Å². The maximum atomic E-state index is 11.8. The monoisotopic (exact) mass is 528 g/mol. The number of benzene rings is 4. The van der Waals surface area contributed by atoms with Gasteiger partial charge in [-0.25, -0.2) is 4.98 Å². The van der Waals surface area contributed by atoms with Gasteiger partial charge in [-0.15, -0.1) is 0 Å². The van der Waals surface area contributed by atoms with Gasteiger partial charge in [-0.2, -0.15) is 0 Å². The smallest absolute Gasteiger partial charge is 0.323 e. The number of carboxylic acids is 1. The van der Waals surface area contributed by atoms with Crippen molar-refractivity contribution in [1.29, 1.82) is 0 Å². The van der Waals surface area contributed by atoms with Crippen molar-refractivity contribution in [3.05, 3.63) is 113 Å². The van der Waals surface area contributed by atoms with Crippen LogP contribution in [0.1, 0.15) is 11.3 Å². The molecule has 0 aliphatic heterocycles. The van der Waals surface area contributed by atoms with Crippen molar-refractivity contribution >= 4 is 46.0 Å². The van der Waals surface area contributed by atoms with Crippen molar-refractivity contribution in [1.82, 2.24) is 9.55 Å². The maximum absolute atomic E-state index is 11.8. The Morgan fingerprint density at radius 1 is 0.973 bits per heavy atom. The Balaban J connectivity index is 1.54. The van der Waals surface area contributed by atoms with E-state index in [1.807, 2.05) is 66.7 Å². The normalized spacial score (nSPS) is 11.0. The molecule has 0 amide bonds. The molecule has 1 aromatic heterocycles. The predicted molar refractivity (Wildman–Crippen MR) is 149 cm³/mol. The highest BCUT2D eigenvalue weighted by molar-refractivity contribution is 6.36. The van der Waals surface area contributed by atoms with E-state index >= 15 is 0 Å². The molecule has 0 aliphatic rings. The van der Waals surface area contributed by atoms with Crippen molar-refractivity contribution in [2.24, 2.45) is 0 Å². The molecule has 0 aliphatic carbocycles. The minimum absolute atomic E-state index is 0.279. The summed E-state index contributed by atoms with van der Waals surface area (Å²) in [7, 11) is 0. The van der Waals surface area contributed by atoms with Gasteiger partial charge in [0.05, 0.1) is 16.4 Å². The number of carboxylic acid groups (broad SMARTS) is 1. The number of fused-ring (bicyclic) bond motifs is 1. The highest BCUT2D eigenvalue weighted by Gasteiger charge is 2.21. The number of hydrogen-bond donors (Lipinski definition) is 1. The summed E-state index contributed by atoms with van der Waals surface area (Å²) in [6, 6.07) is 26.9. The molecule has 0 atom stereocenters. The number of rotatable bonds is 8. The van der Waals surface area contributed by atoms with Gasteiger partial charge in [0.25, 0.3) is 0 Å². The Hall–Kier alpha value is -4.06. The molecule has 5 aromatic rings. The van der Waals surface area contributed by atoms with Gasteiger partial charge in [0.1, 0.15) is 24.7 Å². The van der Waals surface area contributed by atoms with Crippen LogP contribution in [0.3, 0.4) is 0 Å². The summed E-state index contributed by atoms with van der Waals surface area (Å²) < 4.78 is 7.60. The quantitative estimate of drug-likeness (QED) is 0.221. The fourth-order valence-electron chi connectivity index (χ4n) is 4.26. The minimum Gasteiger partial charge on any atom is -0.489 e. The number of imidazole rings is 1. The van der Waals surface area contributed by atoms with E-state index in [0.717, 1.165) is 27.6 Å². The predicted octanol–water partition coefficient (Wildman–Crippen LogP) is 7.98. The number of nitrogens with zero attached hydrogens (tertiary/aromatic N) is 2. The van der Waals surface area contributed by atoms with Crippen LogP contribution in [0.2, 0.25) is 10.0 Å². The van der Waals surface area contributed by atoms with Gasteiger partial charge < -0.3 is 14.4 Å². The molecule has 0 saturated carbocycles. The first-order chi connectivity index (χ1) is 17.9. The Bertz CT molecular complexity index is 1630. The Morgan fingerprint density at radius 3 is 2.46 bits per heavy atom. The second-order valence-electron chi connectivity index (χ2n) is 8.48. The third-order valence-electron chi connectivity index (χ3n) is 6.00. The number of halogens is 2. The van der Waals surface area contributed by atoms with Gasteiger partial charge in [-0.3, -0.25) is 4.79 Å². The van der Waals surface area contributed by atoms with Crippen molar-refractivity contribution < 1.29 is 14.6 Å². The first-order valence-corrected chi connectivity index (χ1v) is 12.3. The summed E-state index contributed by atoms with van der Waals surface area (Å²) in [6.45, 7) is 4.11. The Morgan fingerprint density at radius 2 is 1.73 bits per heavy atom. The largest absolute Gasteiger partial charge is 0.489 e. The SMILES string of the molecule is C=Cc1c(-c2ccc(Cl)cc2Cl)nc(-c2ccc3cc(OCc4ccccc4)ccc3c2)n1CC(=O)O. The summed E-state index contributed by atoms with van der Waals surface area (Å²) in [6.07, 6.45) is 1.59. The van der Waals surface area contributed by atoms with Crippen LogP contribution >= 0.6 is 23.2 Å². The lowest BCUT2D eigenvalue weighted by Gasteiger charge is -2.10. The highest BCUT2D eigenvalue weighted by atomic mass is 35.5. The molecule has 5 rings (SSSR count). The average molecular weight is 529 g/mol. The summed E-state index contributed by atoms with van der Waals surface area (Å²) >= 11 is 12.5. The van der Waals surface area contributed by atoms with Crippen LogP contribution in [0.5, 0.6) is 5.75 Å². The van der Waals surface area contributed by atoms with Crippen molar-refractivity contribution in [2.45, 2.75) is 13.2 Å². The molecule has 0 unspecified atom stereocenters. The Kier molecular flexibility index (Phi) is 6.99. The zero-order chi connectivity index (χ0) is 25.9. The summed E-state index contributed by atoms with van der Waals surface area (Å²) in [4.78, 5) is 16.6. The molecule has 1 N–H and O–H groups in total. The van der Waals surface area contributed by atoms with Crippen molar-refractivity contribution in [3.8, 4) is 28.4 Å². The molecule has 184 valence electrons. The lowest BCUT2D eigenvalue weighted by atomic mass is 10.1. The third kappa shape index (κ3) is 5.24. The van der Waals surface area contributed by atoms with E-state index in [4.69, 9.17) is 32.9 Å². The third-order valence-corrected chi connectivity index (χ3v) is 6.55. The molecular weight excluding hydrogens is 507 g/mol. The summed E-state index contributed by atoms with van der Waals surface area (Å²) in [5.41, 5.74) is 3.61. The van der Waals surface area contributed by atoms with Gasteiger partial charge in [0.2, 0.25) is 0 Å². The molecule has 7 heteroatoms. The van der Waals surface area contributed by atoms with Crippen LogP contribution in [0, 0.1) is 0 Å². The second kappa shape index (κ2) is 10.5. The van der Waals surface area contributed by atoms with E-state index < -0.39 is 5.97 Å². The number of aliphatic carboxylic acids is 1. The van der Waals surface area contributed by atoms with E-state index in [0.29, 0.717) is 39.4 Å². The second-order valence-corrected chi connectivity index (χ2v) is 9.32. The molecule has 37 heavy (non-hydrogen) atoms. The molecule has 1 heterocycles. The molecule has 0 bridgehead atoms. The van der Waals surface area contributed by atoms with Gasteiger partial charge in [-0.1, -0.05) is 78.3 Å². The number of carbonyl (C=O) groups is 1. The zero-order valence-electron chi connectivity index (χ0n) is 19.7. The Labute approximate surface area is 224 Å². The standard InChI is InChI=1S/C30H22Cl2N2O3/c1-2-27-29(25-13-11-23(31)16-26(25)32)33-30(34(27)17-28(35)36)22-9-8-21-15-24(12-10-20(21)14-22)37-18-19-6-4-3-5-7-19/h2-16H,1,17-18H2,(H,35,36). The van der Waals surface area contributed by atoms with Crippen LogP contribution in [-0.4, -0.2) is 20.6 Å². The van der Waals surface area contributed by atoms with Gasteiger partial charge >= 0.3 is 5.97 Å². The molecule has 0 saturated heterocycles. The minimum atomic E-state index is -0.989. The molecule has 5 nitrogen and oxygen atoms in total. The fourth-order valence-corrected chi connectivity index (χ4v) is 4.76. The number of ether oxygens (including phenoxy) is 1. The van der Waals surface area contributed by atoms with Gasteiger partial charge in [0, 0.05) is 16.1 Å². The summed E-state index contributed by atoms with van der Waals surface area (Å²) in [5.74, 6) is 0.284. The first-order valence-electron chi connectivity index (χ1n) is 11.5. The topological polar surface area (TPSA) is 64.4 Å². The lowest BCUT2D eigenvalue weighted by molar-refractivity contribution is -0.137. The van der Waals surface area contributed by atoms with Crippen LogP contribution in [0.25, 0.3) is 39.5 Å². The van der Waals surface area contributed by atoms with E-state index in [2.05, 4.69) is 6.58 Å². The van der Waals surface area contributed by atoms with Crippen LogP contribution in [-0.2, 0) is 17.9 Å². The molecular formula is C30H22Cl2N2O3. The molecule has 4 aromatic carbocycles. The van der Waals surface area contributed by atoms with Crippen LogP contribution in [0.15, 0.2) is 91.5 Å². The van der Waals surface area contributed by atoms with E-state index in [1.165, 1.54) is 0 Å². The highest BCUT2D eigenvalue weighted by Crippen LogP contribution is 2.36. The maximum Gasteiger partial charge on any atom is 0.323 e. The fraction of sp³-hybridized carbons (Fsp3) is 0.0667. The number of hydrogen-bond acceptors (Lipinski definition) is 3. The summed E-state index contributed by atoms with van der Waals surface area (Å²) in [5, 5.41) is 12.5. The van der Waals surface area contributed by atoms with E-state index in [1.54, 1.807) is 28.8 Å². The molecule has 0 spiro atoms. The van der Waals surface area contributed by atoms with Crippen molar-refractivity contribution in [2.75, 3.05) is 0 Å². The zero-order valence-corrected chi connectivity index (χ0v) is 21.2. The van der Waals surface area contributed by atoms with E-state index in [9.17, 15) is 9.90 Å². The van der Waals surface area contributed by atoms with Crippen molar-refractivity contribution in [3.63, 3.8) is 0 Å². The lowest BCUT2D eigenvalue weighted by Crippen LogP contribution is -2.11. The molecule has 0 fully saturated rings. The first kappa shape index (κ1) is 24.6. The average Bonchev–Trinajstić information content (AvgIpc) is 3.24. The molecule has 0 radical (unpaired) electrons. The number of aromatic nitrogens is 2. The van der Waals surface area contributed by atoms with Crippen LogP contribution < -0.4 is 4.74 Å². The van der Waals surface area contributed by atoms with Gasteiger partial charge in [-0.05, 0) is 58.8 Å². The van der Waals surface area contributed by atoms with E-state index in [-0.39, 0.29) is 6.54 Å².